The summed E-state index contributed by atoms with van der Waals surface area (Å²) in [5.74, 6) is 1.26. The van der Waals surface area contributed by atoms with Crippen molar-refractivity contribution in [3.63, 3.8) is 0 Å². The number of ketones is 1. The van der Waals surface area contributed by atoms with E-state index >= 15 is 0 Å². The van der Waals surface area contributed by atoms with Gasteiger partial charge in [-0.2, -0.15) is 0 Å². The van der Waals surface area contributed by atoms with Crippen molar-refractivity contribution in [2.75, 3.05) is 6.79 Å². The Morgan fingerprint density at radius 2 is 1.93 bits per heavy atom. The number of thiophene rings is 1. The lowest BCUT2D eigenvalue weighted by Gasteiger charge is -2.06. The first-order valence-corrected chi connectivity index (χ1v) is 9.71. The minimum absolute atomic E-state index is 0.130. The van der Waals surface area contributed by atoms with Crippen LogP contribution in [0.5, 0.6) is 23.0 Å². The fourth-order valence-corrected chi connectivity index (χ4v) is 3.92. The zero-order chi connectivity index (χ0) is 20.0. The molecule has 3 heterocycles. The van der Waals surface area contributed by atoms with Crippen LogP contribution < -0.4 is 18.9 Å². The Labute approximate surface area is 169 Å². The lowest BCUT2D eigenvalue weighted by atomic mass is 10.1. The van der Waals surface area contributed by atoms with Gasteiger partial charge in [0, 0.05) is 17.0 Å². The molecule has 0 unspecified atom stereocenters. The molecular weight excluding hydrogens is 392 g/mol. The van der Waals surface area contributed by atoms with E-state index in [4.69, 9.17) is 18.9 Å². The Kier molecular flexibility index (Phi) is 4.10. The smallest absolute Gasteiger partial charge is 0.343 e. The van der Waals surface area contributed by atoms with Crippen molar-refractivity contribution in [3.05, 3.63) is 75.2 Å². The number of aryl methyl sites for hydroxylation is 1. The van der Waals surface area contributed by atoms with Gasteiger partial charge in [0.15, 0.2) is 17.3 Å². The molecule has 2 aromatic carbocycles. The van der Waals surface area contributed by atoms with Crippen molar-refractivity contribution in [1.29, 1.82) is 0 Å². The molecule has 0 aliphatic carbocycles. The standard InChI is InChI=1S/C22H14O6S/c1-12-6-7-29-20(12)10-19-21(23)15-4-3-14(9-17(15)28-19)27-22(24)13-2-5-16-18(8-13)26-11-25-16/h2-10H,11H2,1H3/b19-10+. The first-order chi connectivity index (χ1) is 14.1. The summed E-state index contributed by atoms with van der Waals surface area (Å²) in [5, 5.41) is 1.96. The second-order valence-corrected chi connectivity index (χ2v) is 7.47. The van der Waals surface area contributed by atoms with Crippen LogP contribution in [0.4, 0.5) is 0 Å². The molecule has 0 saturated carbocycles. The molecule has 0 amide bonds. The number of rotatable bonds is 3. The van der Waals surface area contributed by atoms with Gasteiger partial charge in [-0.3, -0.25) is 4.79 Å². The number of esters is 1. The van der Waals surface area contributed by atoms with Crippen molar-refractivity contribution in [1.82, 2.24) is 0 Å². The third-order valence-corrected chi connectivity index (χ3v) is 5.59. The van der Waals surface area contributed by atoms with Crippen LogP contribution in [-0.2, 0) is 0 Å². The van der Waals surface area contributed by atoms with E-state index in [2.05, 4.69) is 0 Å². The summed E-state index contributed by atoms with van der Waals surface area (Å²) in [6.07, 6.45) is 1.74. The Morgan fingerprint density at radius 1 is 1.07 bits per heavy atom. The molecule has 2 aliphatic rings. The maximum Gasteiger partial charge on any atom is 0.343 e. The van der Waals surface area contributed by atoms with E-state index in [0.29, 0.717) is 28.4 Å². The lowest BCUT2D eigenvalue weighted by Crippen LogP contribution is -2.08. The number of hydrogen-bond donors (Lipinski definition) is 0. The monoisotopic (exact) mass is 406 g/mol. The van der Waals surface area contributed by atoms with Crippen LogP contribution in [-0.4, -0.2) is 18.5 Å². The summed E-state index contributed by atoms with van der Waals surface area (Å²) in [7, 11) is 0. The lowest BCUT2D eigenvalue weighted by molar-refractivity contribution is 0.0734. The number of benzene rings is 2. The van der Waals surface area contributed by atoms with Gasteiger partial charge in [-0.05, 0) is 54.3 Å². The van der Waals surface area contributed by atoms with Crippen molar-refractivity contribution in [2.45, 2.75) is 6.92 Å². The molecule has 0 bridgehead atoms. The molecule has 2 aliphatic heterocycles. The SMILES string of the molecule is Cc1ccsc1/C=C1/Oc2cc(OC(=O)c3ccc4c(c3)OCO4)ccc2C1=O. The van der Waals surface area contributed by atoms with E-state index in [1.54, 1.807) is 42.5 Å². The minimum atomic E-state index is -0.544. The summed E-state index contributed by atoms with van der Waals surface area (Å²) < 4.78 is 21.7. The van der Waals surface area contributed by atoms with Crippen LogP contribution in [0.1, 0.15) is 31.2 Å². The fourth-order valence-electron chi connectivity index (χ4n) is 3.07. The molecule has 0 fully saturated rings. The zero-order valence-corrected chi connectivity index (χ0v) is 16.1. The van der Waals surface area contributed by atoms with Crippen LogP contribution in [0.2, 0.25) is 0 Å². The third kappa shape index (κ3) is 3.15. The first-order valence-electron chi connectivity index (χ1n) is 8.83. The predicted molar refractivity (Wildman–Crippen MR) is 106 cm³/mol. The first kappa shape index (κ1) is 17.5. The van der Waals surface area contributed by atoms with Gasteiger partial charge in [-0.1, -0.05) is 0 Å². The summed E-state index contributed by atoms with van der Waals surface area (Å²) in [6.45, 7) is 2.11. The maximum atomic E-state index is 12.6. The summed E-state index contributed by atoms with van der Waals surface area (Å²) in [6, 6.07) is 11.5. The molecule has 0 saturated heterocycles. The van der Waals surface area contributed by atoms with Gasteiger partial charge in [-0.15, -0.1) is 11.3 Å². The molecule has 6 nitrogen and oxygen atoms in total. The summed E-state index contributed by atoms with van der Waals surface area (Å²) in [4.78, 5) is 26.0. The van der Waals surface area contributed by atoms with E-state index in [1.165, 1.54) is 11.3 Å². The average Bonchev–Trinajstić information content (AvgIpc) is 3.42. The molecular formula is C22H14O6S. The molecule has 0 N–H and O–H groups in total. The second kappa shape index (κ2) is 6.79. The molecule has 144 valence electrons. The maximum absolute atomic E-state index is 12.6. The highest BCUT2D eigenvalue weighted by Crippen LogP contribution is 2.36. The van der Waals surface area contributed by atoms with Crippen LogP contribution in [0.15, 0.2) is 53.6 Å². The molecule has 5 rings (SSSR count). The highest BCUT2D eigenvalue weighted by atomic mass is 32.1. The fraction of sp³-hybridized carbons (Fsp3) is 0.0909. The number of ether oxygens (including phenoxy) is 4. The number of hydrogen-bond acceptors (Lipinski definition) is 7. The van der Waals surface area contributed by atoms with Crippen LogP contribution >= 0.6 is 11.3 Å². The molecule has 3 aromatic rings. The molecule has 1 aromatic heterocycles. The Morgan fingerprint density at radius 3 is 2.76 bits per heavy atom. The minimum Gasteiger partial charge on any atom is -0.454 e. The van der Waals surface area contributed by atoms with Gasteiger partial charge in [-0.25, -0.2) is 4.79 Å². The van der Waals surface area contributed by atoms with Gasteiger partial charge in [0.1, 0.15) is 11.5 Å². The zero-order valence-electron chi connectivity index (χ0n) is 15.3. The van der Waals surface area contributed by atoms with Gasteiger partial charge >= 0.3 is 5.97 Å². The molecule has 0 atom stereocenters. The second-order valence-electron chi connectivity index (χ2n) is 6.52. The number of allylic oxidation sites excluding steroid dienone is 1. The third-order valence-electron chi connectivity index (χ3n) is 4.62. The largest absolute Gasteiger partial charge is 0.454 e. The summed E-state index contributed by atoms with van der Waals surface area (Å²) in [5.41, 5.74) is 1.85. The Bertz CT molecular complexity index is 1190. The number of fused-ring (bicyclic) bond motifs is 2. The Hall–Kier alpha value is -3.58. The molecule has 0 spiro atoms. The number of carbonyl (C=O) groups is 2. The highest BCUT2D eigenvalue weighted by molar-refractivity contribution is 7.11. The van der Waals surface area contributed by atoms with Crippen molar-refractivity contribution >= 4 is 29.2 Å². The van der Waals surface area contributed by atoms with E-state index < -0.39 is 5.97 Å². The van der Waals surface area contributed by atoms with Gasteiger partial charge in [0.05, 0.1) is 11.1 Å². The molecule has 29 heavy (non-hydrogen) atoms. The number of carbonyl (C=O) groups excluding carboxylic acids is 2. The van der Waals surface area contributed by atoms with E-state index in [9.17, 15) is 9.59 Å². The number of Topliss-reactive ketones (excluding diaryl/α,β-unsaturated/α-hetero) is 1. The van der Waals surface area contributed by atoms with E-state index in [-0.39, 0.29) is 24.1 Å². The van der Waals surface area contributed by atoms with E-state index in [0.717, 1.165) is 10.4 Å². The highest BCUT2D eigenvalue weighted by Gasteiger charge is 2.28. The quantitative estimate of drug-likeness (QED) is 0.359. The van der Waals surface area contributed by atoms with Crippen LogP contribution in [0, 0.1) is 6.92 Å². The van der Waals surface area contributed by atoms with Crippen molar-refractivity contribution in [3.8, 4) is 23.0 Å². The van der Waals surface area contributed by atoms with Crippen molar-refractivity contribution < 1.29 is 28.5 Å². The van der Waals surface area contributed by atoms with Crippen LogP contribution in [0.3, 0.4) is 0 Å². The van der Waals surface area contributed by atoms with Gasteiger partial charge in [0.2, 0.25) is 12.6 Å². The summed E-state index contributed by atoms with van der Waals surface area (Å²) >= 11 is 1.54. The van der Waals surface area contributed by atoms with E-state index in [1.807, 2.05) is 18.4 Å². The molecule has 7 heteroatoms. The van der Waals surface area contributed by atoms with Crippen molar-refractivity contribution in [2.24, 2.45) is 0 Å². The molecule has 0 radical (unpaired) electrons. The average molecular weight is 406 g/mol. The predicted octanol–water partition coefficient (Wildman–Crippen LogP) is 4.62. The normalized spacial score (nSPS) is 15.3. The van der Waals surface area contributed by atoms with Gasteiger partial charge < -0.3 is 18.9 Å². The Balaban J connectivity index is 1.36. The topological polar surface area (TPSA) is 71.1 Å². The van der Waals surface area contributed by atoms with Gasteiger partial charge in [0.25, 0.3) is 0 Å². The van der Waals surface area contributed by atoms with Crippen LogP contribution in [0.25, 0.3) is 6.08 Å².